The molecule has 0 amide bonds. The molecule has 0 saturated carbocycles. The van der Waals surface area contributed by atoms with Crippen molar-refractivity contribution in [2.45, 2.75) is 18.7 Å². The minimum Gasteiger partial charge on any atom is -0.505 e. The van der Waals surface area contributed by atoms with Crippen molar-refractivity contribution in [2.24, 2.45) is 25.6 Å². The normalized spacial score (nSPS) is 12.8. The van der Waals surface area contributed by atoms with E-state index in [1.54, 1.807) is 66.7 Å². The number of benzene rings is 4. The van der Waals surface area contributed by atoms with Crippen LogP contribution in [-0.4, -0.2) is 18.1 Å². The molecule has 4 aromatic rings. The van der Waals surface area contributed by atoms with Crippen molar-refractivity contribution in [2.75, 3.05) is 5.32 Å². The van der Waals surface area contributed by atoms with Gasteiger partial charge in [0, 0.05) is 16.8 Å². The summed E-state index contributed by atoms with van der Waals surface area (Å²) in [6.07, 6.45) is 9.41. The van der Waals surface area contributed by atoms with Crippen LogP contribution in [0.25, 0.3) is 10.8 Å². The highest BCUT2D eigenvalue weighted by Gasteiger charge is 2.22. The third-order valence-electron chi connectivity index (χ3n) is 5.88. The van der Waals surface area contributed by atoms with Gasteiger partial charge in [-0.2, -0.15) is 28.9 Å². The lowest BCUT2D eigenvalue weighted by molar-refractivity contribution is 0.472. The van der Waals surface area contributed by atoms with Crippen LogP contribution in [0.5, 0.6) is 5.75 Å². The molecule has 0 radical (unpaired) electrons. The third kappa shape index (κ3) is 7.44. The zero-order valence-corrected chi connectivity index (χ0v) is 23.5. The highest BCUT2D eigenvalue weighted by atomic mass is 32.2. The highest BCUT2D eigenvalue weighted by Crippen LogP contribution is 2.42. The number of rotatable bonds is 10. The fourth-order valence-electron chi connectivity index (χ4n) is 3.77. The van der Waals surface area contributed by atoms with Crippen LogP contribution in [0.4, 0.5) is 34.1 Å². The fraction of sp³-hybridized carbons (Fsp3) is 0.0667. The molecule has 0 spiro atoms. The minimum absolute atomic E-state index is 0.327. The van der Waals surface area contributed by atoms with Crippen LogP contribution in [0, 0.1) is 5.53 Å². The van der Waals surface area contributed by atoms with E-state index in [2.05, 4.69) is 30.9 Å². The van der Waals surface area contributed by atoms with Crippen LogP contribution in [0.3, 0.4) is 0 Å². The molecule has 11 nitrogen and oxygen atoms in total. The Morgan fingerprint density at radius 2 is 1.38 bits per heavy atom. The molecule has 0 unspecified atom stereocenters. The zero-order chi connectivity index (χ0) is 30.1. The summed E-state index contributed by atoms with van der Waals surface area (Å²) in [5.74, 6) is -0.440. The monoisotopic (exact) mass is 581 g/mol. The molecular weight excluding hydrogens is 554 g/mol. The standard InChI is InChI=1S/C30H27N7O4S/c1-3-5-6-7-21(4-2)32-26-16-17-27-20(18-26)19-28(42(39,40)41)29(30(27)38)37-36-25-14-12-24(13-15-25)35-34-23-10-8-22(33-31)9-11-23/h3-19,31-32,38H,1-2H3,(H,39,40,41)/b5-3-,7-6-,21-4+,33-31?,35-34?,37-36?. The highest BCUT2D eigenvalue weighted by molar-refractivity contribution is 7.86. The number of phenols is 1. The Morgan fingerprint density at radius 1 is 0.810 bits per heavy atom. The molecule has 0 aliphatic rings. The first-order valence-corrected chi connectivity index (χ1v) is 14.1. The number of azo groups is 2. The van der Waals surface area contributed by atoms with Gasteiger partial charge in [-0.25, -0.2) is 5.53 Å². The number of hydrogen-bond acceptors (Lipinski definition) is 10. The maximum absolute atomic E-state index is 12.3. The van der Waals surface area contributed by atoms with Crippen LogP contribution < -0.4 is 5.32 Å². The molecule has 4 N–H and O–H groups in total. The summed E-state index contributed by atoms with van der Waals surface area (Å²) in [6, 6.07) is 19.4. The first kappa shape index (κ1) is 29.6. The molecule has 0 fully saturated rings. The lowest BCUT2D eigenvalue weighted by Crippen LogP contribution is -2.00. The number of aromatic hydroxyl groups is 1. The van der Waals surface area contributed by atoms with Gasteiger partial charge in [-0.05, 0) is 98.1 Å². The van der Waals surface area contributed by atoms with E-state index in [1.165, 1.54) is 6.07 Å². The third-order valence-corrected chi connectivity index (χ3v) is 6.75. The predicted molar refractivity (Wildman–Crippen MR) is 163 cm³/mol. The number of phenolic OH excluding ortho intramolecular Hbond substituents is 1. The first-order valence-electron chi connectivity index (χ1n) is 12.6. The van der Waals surface area contributed by atoms with E-state index in [0.717, 1.165) is 5.70 Å². The van der Waals surface area contributed by atoms with Gasteiger partial charge in [0.25, 0.3) is 10.1 Å². The van der Waals surface area contributed by atoms with Gasteiger partial charge in [0.2, 0.25) is 0 Å². The SMILES string of the molecule is C\C=C/C=C\C(=C/C)Nc1ccc2c(O)c(N=Nc3ccc(N=Nc4ccc(N=N)cc4)cc3)c(S(=O)(=O)O)cc2c1. The van der Waals surface area contributed by atoms with Crippen molar-refractivity contribution in [3.8, 4) is 5.75 Å². The van der Waals surface area contributed by atoms with Crippen molar-refractivity contribution in [3.05, 3.63) is 109 Å². The van der Waals surface area contributed by atoms with Crippen molar-refractivity contribution in [1.29, 1.82) is 5.53 Å². The predicted octanol–water partition coefficient (Wildman–Crippen LogP) is 9.73. The molecule has 0 heterocycles. The molecule has 0 aliphatic carbocycles. The lowest BCUT2D eigenvalue weighted by atomic mass is 10.1. The van der Waals surface area contributed by atoms with E-state index in [-0.39, 0.29) is 5.69 Å². The Balaban J connectivity index is 1.61. The molecule has 212 valence electrons. The van der Waals surface area contributed by atoms with Gasteiger partial charge in [-0.15, -0.1) is 5.11 Å². The second-order valence-corrected chi connectivity index (χ2v) is 10.2. The lowest BCUT2D eigenvalue weighted by Gasteiger charge is -2.12. The average Bonchev–Trinajstić information content (AvgIpc) is 2.99. The van der Waals surface area contributed by atoms with Gasteiger partial charge in [0.1, 0.15) is 10.6 Å². The summed E-state index contributed by atoms with van der Waals surface area (Å²) in [7, 11) is -4.76. The maximum atomic E-state index is 12.3. The number of hydrogen-bond donors (Lipinski definition) is 4. The van der Waals surface area contributed by atoms with Crippen molar-refractivity contribution in [1.82, 2.24) is 0 Å². The molecule has 12 heteroatoms. The molecular formula is C30H27N7O4S. The average molecular weight is 582 g/mol. The van der Waals surface area contributed by atoms with E-state index < -0.39 is 20.8 Å². The Kier molecular flexibility index (Phi) is 9.42. The van der Waals surface area contributed by atoms with E-state index in [0.29, 0.717) is 39.2 Å². The van der Waals surface area contributed by atoms with E-state index in [1.807, 2.05) is 44.2 Å². The summed E-state index contributed by atoms with van der Waals surface area (Å²) in [4.78, 5) is -0.581. The number of fused-ring (bicyclic) bond motifs is 1. The van der Waals surface area contributed by atoms with Crippen LogP contribution in [0.15, 0.2) is 139 Å². The Morgan fingerprint density at radius 3 is 1.90 bits per heavy atom. The quantitative estimate of drug-likeness (QED) is 0.0827. The molecule has 0 aromatic heterocycles. The van der Waals surface area contributed by atoms with Crippen LogP contribution >= 0.6 is 0 Å². The Hall–Kier alpha value is -5.33. The van der Waals surface area contributed by atoms with Gasteiger partial charge in [0.15, 0.2) is 5.75 Å². The summed E-state index contributed by atoms with van der Waals surface area (Å²) >= 11 is 0. The topological polar surface area (TPSA) is 172 Å². The zero-order valence-electron chi connectivity index (χ0n) is 22.7. The van der Waals surface area contributed by atoms with Gasteiger partial charge in [0.05, 0.1) is 22.7 Å². The number of nitrogens with one attached hydrogen (secondary N) is 2. The Labute approximate surface area is 242 Å². The molecule has 0 bridgehead atoms. The van der Waals surface area contributed by atoms with E-state index in [9.17, 15) is 18.1 Å². The fourth-order valence-corrected chi connectivity index (χ4v) is 4.43. The van der Waals surface area contributed by atoms with E-state index >= 15 is 0 Å². The van der Waals surface area contributed by atoms with Gasteiger partial charge in [-0.3, -0.25) is 4.55 Å². The number of anilines is 1. The van der Waals surface area contributed by atoms with Crippen LogP contribution in [-0.2, 0) is 10.1 Å². The molecule has 4 rings (SSSR count). The number of allylic oxidation sites excluding steroid dienone is 5. The molecule has 0 aliphatic heterocycles. The van der Waals surface area contributed by atoms with E-state index in [4.69, 9.17) is 5.53 Å². The summed E-state index contributed by atoms with van der Waals surface area (Å²) < 4.78 is 34.4. The summed E-state index contributed by atoms with van der Waals surface area (Å²) in [5.41, 5.74) is 10.0. The largest absolute Gasteiger partial charge is 0.505 e. The smallest absolute Gasteiger partial charge is 0.296 e. The summed E-state index contributed by atoms with van der Waals surface area (Å²) in [6.45, 7) is 3.79. The van der Waals surface area contributed by atoms with Crippen molar-refractivity contribution >= 4 is 55.0 Å². The first-order chi connectivity index (χ1) is 20.2. The van der Waals surface area contributed by atoms with Crippen molar-refractivity contribution in [3.63, 3.8) is 0 Å². The second-order valence-electron chi connectivity index (χ2n) is 8.78. The molecule has 0 saturated heterocycles. The summed E-state index contributed by atoms with van der Waals surface area (Å²) in [5, 5.41) is 34.5. The van der Waals surface area contributed by atoms with Gasteiger partial charge < -0.3 is 10.4 Å². The van der Waals surface area contributed by atoms with Crippen LogP contribution in [0.2, 0.25) is 0 Å². The van der Waals surface area contributed by atoms with Crippen molar-refractivity contribution < 1.29 is 18.1 Å². The maximum Gasteiger partial charge on any atom is 0.296 e. The number of nitrogens with zero attached hydrogens (tertiary/aromatic N) is 5. The minimum atomic E-state index is -4.76. The molecule has 4 aromatic carbocycles. The van der Waals surface area contributed by atoms with Crippen LogP contribution in [0.1, 0.15) is 13.8 Å². The molecule has 0 atom stereocenters. The second kappa shape index (κ2) is 13.4. The van der Waals surface area contributed by atoms with Gasteiger partial charge in [-0.1, -0.05) is 24.3 Å². The Bertz CT molecular complexity index is 1860. The molecule has 42 heavy (non-hydrogen) atoms. The van der Waals surface area contributed by atoms with Gasteiger partial charge >= 0.3 is 0 Å².